The van der Waals surface area contributed by atoms with Crippen LogP contribution in [-0.2, 0) is 14.8 Å². The number of nitrogens with zero attached hydrogens (tertiary/aromatic N) is 3. The molecule has 1 amide bonds. The molecule has 1 aliphatic rings. The first-order valence-electron chi connectivity index (χ1n) is 7.85. The molecule has 0 radical (unpaired) electrons. The topological polar surface area (TPSA) is 112 Å². The van der Waals surface area contributed by atoms with Gasteiger partial charge in [-0.1, -0.05) is 0 Å². The Hall–Kier alpha value is -1.68. The second-order valence-corrected chi connectivity index (χ2v) is 7.93. The van der Waals surface area contributed by atoms with Crippen LogP contribution in [0.1, 0.15) is 13.3 Å². The minimum atomic E-state index is -3.62. The van der Waals surface area contributed by atoms with Gasteiger partial charge in [-0.3, -0.25) is 4.79 Å². The zero-order valence-corrected chi connectivity index (χ0v) is 15.5. The van der Waals surface area contributed by atoms with Crippen molar-refractivity contribution in [2.45, 2.75) is 24.3 Å². The van der Waals surface area contributed by atoms with Gasteiger partial charge < -0.3 is 15.6 Å². The predicted molar refractivity (Wildman–Crippen MR) is 96.9 cm³/mol. The van der Waals surface area contributed by atoms with Gasteiger partial charge in [-0.05, 0) is 19.1 Å². The molecule has 1 saturated heterocycles. The molecule has 0 bridgehead atoms. The van der Waals surface area contributed by atoms with Gasteiger partial charge in [-0.15, -0.1) is 12.4 Å². The maximum absolute atomic E-state index is 12.9. The monoisotopic (exact) mass is 387 g/mol. The predicted octanol–water partition coefficient (Wildman–Crippen LogP) is 0.555. The van der Waals surface area contributed by atoms with Crippen molar-refractivity contribution >= 4 is 39.4 Å². The van der Waals surface area contributed by atoms with Crippen LogP contribution < -0.4 is 5.73 Å². The van der Waals surface area contributed by atoms with Crippen LogP contribution in [0.15, 0.2) is 29.4 Å². The quantitative estimate of drug-likeness (QED) is 0.795. The van der Waals surface area contributed by atoms with Crippen LogP contribution in [0.3, 0.4) is 0 Å². The molecule has 138 valence electrons. The highest BCUT2D eigenvalue weighted by Gasteiger charge is 2.31. The van der Waals surface area contributed by atoms with Gasteiger partial charge in [0, 0.05) is 56.4 Å². The lowest BCUT2D eigenvalue weighted by Crippen LogP contribution is -2.51. The van der Waals surface area contributed by atoms with Gasteiger partial charge in [-0.2, -0.15) is 4.31 Å². The van der Waals surface area contributed by atoms with E-state index in [2.05, 4.69) is 9.97 Å². The number of pyridine rings is 1. The first kappa shape index (κ1) is 19.6. The molecular formula is C15H22ClN5O3S. The van der Waals surface area contributed by atoms with Crippen LogP contribution >= 0.6 is 12.4 Å². The highest BCUT2D eigenvalue weighted by Crippen LogP contribution is 2.25. The molecule has 1 atom stereocenters. The number of fused-ring (bicyclic) bond motifs is 1. The number of halogens is 1. The van der Waals surface area contributed by atoms with E-state index < -0.39 is 10.0 Å². The number of aromatic nitrogens is 2. The summed E-state index contributed by atoms with van der Waals surface area (Å²) in [7, 11) is -3.62. The largest absolute Gasteiger partial charge is 0.345 e. The number of aromatic amines is 1. The highest BCUT2D eigenvalue weighted by molar-refractivity contribution is 7.89. The van der Waals surface area contributed by atoms with E-state index in [9.17, 15) is 13.2 Å². The summed E-state index contributed by atoms with van der Waals surface area (Å²) in [6.45, 7) is 3.10. The van der Waals surface area contributed by atoms with Crippen molar-refractivity contribution in [1.82, 2.24) is 19.2 Å². The first-order valence-corrected chi connectivity index (χ1v) is 9.29. The summed E-state index contributed by atoms with van der Waals surface area (Å²) in [5.41, 5.74) is 6.19. The third kappa shape index (κ3) is 3.95. The minimum absolute atomic E-state index is 0. The number of hydrogen-bond acceptors (Lipinski definition) is 5. The summed E-state index contributed by atoms with van der Waals surface area (Å²) in [4.78, 5) is 20.9. The number of sulfonamides is 1. The Morgan fingerprint density at radius 3 is 2.68 bits per heavy atom. The van der Waals surface area contributed by atoms with E-state index in [1.807, 2.05) is 0 Å². The molecule has 1 unspecified atom stereocenters. The lowest BCUT2D eigenvalue weighted by molar-refractivity contribution is -0.132. The summed E-state index contributed by atoms with van der Waals surface area (Å²) in [5.74, 6) is -0.0293. The fourth-order valence-electron chi connectivity index (χ4n) is 2.87. The summed E-state index contributed by atoms with van der Waals surface area (Å²) in [5, 5.41) is 0.577. The number of nitrogens with one attached hydrogen (secondary N) is 1. The number of H-pyrrole nitrogens is 1. The van der Waals surface area contributed by atoms with Gasteiger partial charge in [0.15, 0.2) is 0 Å². The van der Waals surface area contributed by atoms with Gasteiger partial charge in [0.1, 0.15) is 10.5 Å². The van der Waals surface area contributed by atoms with E-state index >= 15 is 0 Å². The molecule has 2 aromatic rings. The van der Waals surface area contributed by atoms with E-state index in [0.717, 1.165) is 0 Å². The van der Waals surface area contributed by atoms with E-state index in [1.54, 1.807) is 30.2 Å². The van der Waals surface area contributed by atoms with Crippen LogP contribution in [0.4, 0.5) is 0 Å². The Balaban J connectivity index is 0.00000225. The molecule has 0 spiro atoms. The molecule has 10 heteroatoms. The Bertz CT molecular complexity index is 844. The van der Waals surface area contributed by atoms with Gasteiger partial charge in [0.2, 0.25) is 15.9 Å². The van der Waals surface area contributed by atoms with Gasteiger partial charge in [-0.25, -0.2) is 13.4 Å². The summed E-state index contributed by atoms with van der Waals surface area (Å²) >= 11 is 0. The van der Waals surface area contributed by atoms with Gasteiger partial charge in [0.05, 0.1) is 0 Å². The molecule has 1 fully saturated rings. The van der Waals surface area contributed by atoms with Crippen molar-refractivity contribution in [2.24, 2.45) is 5.73 Å². The number of rotatable bonds is 4. The molecule has 25 heavy (non-hydrogen) atoms. The van der Waals surface area contributed by atoms with E-state index in [-0.39, 0.29) is 48.8 Å². The molecule has 2 aromatic heterocycles. The fraction of sp³-hybridized carbons (Fsp3) is 0.467. The number of hydrogen-bond donors (Lipinski definition) is 2. The average Bonchev–Trinajstić information content (AvgIpc) is 2.99. The molecule has 8 nitrogen and oxygen atoms in total. The summed E-state index contributed by atoms with van der Waals surface area (Å²) in [6.07, 6.45) is 3.36. The van der Waals surface area contributed by atoms with Crippen molar-refractivity contribution in [2.75, 3.05) is 26.2 Å². The lowest BCUT2D eigenvalue weighted by atomic mass is 10.2. The molecular weight excluding hydrogens is 366 g/mol. The van der Waals surface area contributed by atoms with Crippen LogP contribution in [0, 0.1) is 0 Å². The SMILES string of the molecule is CC(N)CC(=O)N1CCN(S(=O)(=O)c2c[nH]c3ncccc23)CC1.Cl. The van der Waals surface area contributed by atoms with Crippen molar-refractivity contribution in [3.05, 3.63) is 24.5 Å². The number of carbonyl (C=O) groups excluding carboxylic acids is 1. The Labute approximate surface area is 152 Å². The standard InChI is InChI=1S/C15H21N5O3S.ClH/c1-11(16)9-14(21)19-5-7-20(8-6-19)24(22,23)13-10-18-15-12(13)3-2-4-17-15;/h2-4,10-11H,5-9,16H2,1H3,(H,17,18);1H. The fourth-order valence-corrected chi connectivity index (χ4v) is 4.44. The Morgan fingerprint density at radius 2 is 2.04 bits per heavy atom. The zero-order valence-electron chi connectivity index (χ0n) is 13.9. The second kappa shape index (κ2) is 7.69. The lowest BCUT2D eigenvalue weighted by Gasteiger charge is -2.34. The van der Waals surface area contributed by atoms with Gasteiger partial charge in [0.25, 0.3) is 0 Å². The maximum atomic E-state index is 12.9. The molecule has 0 saturated carbocycles. The molecule has 3 heterocycles. The van der Waals surface area contributed by atoms with Crippen molar-refractivity contribution in [3.63, 3.8) is 0 Å². The van der Waals surface area contributed by atoms with Crippen molar-refractivity contribution < 1.29 is 13.2 Å². The molecule has 3 N–H and O–H groups in total. The number of carbonyl (C=O) groups is 1. The first-order chi connectivity index (χ1) is 11.4. The number of piperazine rings is 1. The van der Waals surface area contributed by atoms with Gasteiger partial charge >= 0.3 is 0 Å². The Morgan fingerprint density at radius 1 is 1.36 bits per heavy atom. The second-order valence-electron chi connectivity index (χ2n) is 6.02. The van der Waals surface area contributed by atoms with Crippen LogP contribution in [0.5, 0.6) is 0 Å². The van der Waals surface area contributed by atoms with E-state index in [1.165, 1.54) is 10.5 Å². The third-order valence-electron chi connectivity index (χ3n) is 4.12. The summed E-state index contributed by atoms with van der Waals surface area (Å²) in [6, 6.07) is 3.24. The minimum Gasteiger partial charge on any atom is -0.345 e. The average molecular weight is 388 g/mol. The van der Waals surface area contributed by atoms with Crippen LogP contribution in [0.2, 0.25) is 0 Å². The molecule has 0 aliphatic carbocycles. The summed E-state index contributed by atoms with van der Waals surface area (Å²) < 4.78 is 27.2. The normalized spacial score (nSPS) is 17.3. The van der Waals surface area contributed by atoms with Crippen LogP contribution in [0.25, 0.3) is 11.0 Å². The molecule has 3 rings (SSSR count). The highest BCUT2D eigenvalue weighted by atomic mass is 35.5. The van der Waals surface area contributed by atoms with E-state index in [4.69, 9.17) is 5.73 Å². The zero-order chi connectivity index (χ0) is 17.3. The number of amides is 1. The van der Waals surface area contributed by atoms with E-state index in [0.29, 0.717) is 24.1 Å². The number of nitrogens with two attached hydrogens (primary N) is 1. The maximum Gasteiger partial charge on any atom is 0.245 e. The van der Waals surface area contributed by atoms with Crippen molar-refractivity contribution in [1.29, 1.82) is 0 Å². The molecule has 1 aliphatic heterocycles. The van der Waals surface area contributed by atoms with Crippen LogP contribution in [-0.4, -0.2) is 65.7 Å². The molecule has 0 aromatic carbocycles. The third-order valence-corrected chi connectivity index (χ3v) is 6.06. The van der Waals surface area contributed by atoms with Crippen molar-refractivity contribution in [3.8, 4) is 0 Å². The Kier molecular flexibility index (Phi) is 6.04. The smallest absolute Gasteiger partial charge is 0.245 e.